The van der Waals surface area contributed by atoms with Gasteiger partial charge in [-0.3, -0.25) is 0 Å². The second-order valence-electron chi connectivity index (χ2n) is 5.92. The Morgan fingerprint density at radius 3 is 2.61 bits per heavy atom. The van der Waals surface area contributed by atoms with Gasteiger partial charge in [-0.1, -0.05) is 12.1 Å². The Labute approximate surface area is 136 Å². The molecule has 124 valence electrons. The number of sulfonamides is 1. The van der Waals surface area contributed by atoms with Crippen LogP contribution in [0.1, 0.15) is 18.4 Å². The molecule has 7 heteroatoms. The van der Waals surface area contributed by atoms with Gasteiger partial charge < -0.3 is 9.30 Å². The summed E-state index contributed by atoms with van der Waals surface area (Å²) in [6.45, 7) is 2.93. The fraction of sp³-hybridized carbons (Fsp3) is 0.438. The molecule has 6 nitrogen and oxygen atoms in total. The maximum absolute atomic E-state index is 12.5. The highest BCUT2D eigenvalue weighted by atomic mass is 32.2. The summed E-state index contributed by atoms with van der Waals surface area (Å²) in [6, 6.07) is 7.92. The lowest BCUT2D eigenvalue weighted by molar-refractivity contribution is 0.135. The minimum atomic E-state index is -3.50. The van der Waals surface area contributed by atoms with Crippen LogP contribution in [0.25, 0.3) is 0 Å². The zero-order valence-corrected chi connectivity index (χ0v) is 14.2. The largest absolute Gasteiger partial charge is 0.490 e. The van der Waals surface area contributed by atoms with Crippen LogP contribution in [0, 0.1) is 6.92 Å². The van der Waals surface area contributed by atoms with Crippen molar-refractivity contribution < 1.29 is 13.2 Å². The minimum Gasteiger partial charge on any atom is -0.490 e. The Balaban J connectivity index is 1.62. The molecule has 0 saturated carbocycles. The van der Waals surface area contributed by atoms with Crippen LogP contribution in [0.3, 0.4) is 0 Å². The molecule has 0 spiro atoms. The summed E-state index contributed by atoms with van der Waals surface area (Å²) in [4.78, 5) is 3.96. The minimum absolute atomic E-state index is 0.0481. The van der Waals surface area contributed by atoms with E-state index in [2.05, 4.69) is 4.98 Å². The van der Waals surface area contributed by atoms with E-state index in [1.165, 1.54) is 16.8 Å². The molecule has 1 saturated heterocycles. The molecule has 1 fully saturated rings. The average Bonchev–Trinajstić information content (AvgIpc) is 2.95. The quantitative estimate of drug-likeness (QED) is 0.857. The Hall–Kier alpha value is -1.86. The lowest BCUT2D eigenvalue weighted by atomic mass is 10.1. The van der Waals surface area contributed by atoms with Gasteiger partial charge in [0.2, 0.25) is 0 Å². The summed E-state index contributed by atoms with van der Waals surface area (Å²) in [5, 5.41) is 0.109. The fourth-order valence-electron chi connectivity index (χ4n) is 2.73. The third-order valence-electron chi connectivity index (χ3n) is 3.98. The molecule has 2 aromatic rings. The molecular formula is C16H21N3O3S. The number of imidazole rings is 1. The number of aryl methyl sites for hydroxylation is 2. The van der Waals surface area contributed by atoms with Crippen molar-refractivity contribution in [1.29, 1.82) is 0 Å². The number of ether oxygens (including phenoxy) is 1. The molecule has 0 aliphatic carbocycles. The van der Waals surface area contributed by atoms with Gasteiger partial charge in [0.05, 0.1) is 6.33 Å². The van der Waals surface area contributed by atoms with E-state index in [0.29, 0.717) is 25.9 Å². The van der Waals surface area contributed by atoms with Gasteiger partial charge >= 0.3 is 0 Å². The van der Waals surface area contributed by atoms with Crippen LogP contribution >= 0.6 is 0 Å². The van der Waals surface area contributed by atoms with E-state index in [1.807, 2.05) is 31.2 Å². The summed E-state index contributed by atoms with van der Waals surface area (Å²) in [6.07, 6.45) is 4.44. The van der Waals surface area contributed by atoms with Crippen molar-refractivity contribution in [2.24, 2.45) is 7.05 Å². The van der Waals surface area contributed by atoms with Crippen molar-refractivity contribution in [2.75, 3.05) is 13.1 Å². The molecule has 0 radical (unpaired) electrons. The van der Waals surface area contributed by atoms with Crippen LogP contribution in [0.15, 0.2) is 41.8 Å². The molecule has 23 heavy (non-hydrogen) atoms. The molecule has 0 unspecified atom stereocenters. The van der Waals surface area contributed by atoms with Gasteiger partial charge in [-0.05, 0) is 37.5 Å². The third kappa shape index (κ3) is 3.56. The summed E-state index contributed by atoms with van der Waals surface area (Å²) >= 11 is 0. The third-order valence-corrected chi connectivity index (χ3v) is 5.76. The molecule has 1 aliphatic rings. The number of piperidine rings is 1. The SMILES string of the molecule is Cc1cccc(OC2CCN(S(=O)(=O)c3cn(C)cn3)CC2)c1. The first kappa shape index (κ1) is 16.0. The van der Waals surface area contributed by atoms with Gasteiger partial charge in [-0.2, -0.15) is 4.31 Å². The molecule has 0 N–H and O–H groups in total. The number of hydrogen-bond acceptors (Lipinski definition) is 4. The van der Waals surface area contributed by atoms with Crippen LogP contribution in [-0.2, 0) is 17.1 Å². The van der Waals surface area contributed by atoms with E-state index in [-0.39, 0.29) is 11.1 Å². The Kier molecular flexibility index (Phi) is 4.41. The highest BCUT2D eigenvalue weighted by Gasteiger charge is 2.31. The predicted molar refractivity (Wildman–Crippen MR) is 86.8 cm³/mol. The maximum atomic E-state index is 12.5. The first-order valence-corrected chi connectivity index (χ1v) is 9.10. The summed E-state index contributed by atoms with van der Waals surface area (Å²) in [7, 11) is -1.74. The van der Waals surface area contributed by atoms with E-state index in [9.17, 15) is 8.42 Å². The van der Waals surface area contributed by atoms with Gasteiger partial charge in [0.15, 0.2) is 5.03 Å². The fourth-order valence-corrected chi connectivity index (χ4v) is 4.16. The molecule has 3 rings (SSSR count). The number of hydrogen-bond donors (Lipinski definition) is 0. The lowest BCUT2D eigenvalue weighted by Gasteiger charge is -2.30. The highest BCUT2D eigenvalue weighted by Crippen LogP contribution is 2.23. The van der Waals surface area contributed by atoms with Crippen molar-refractivity contribution in [3.8, 4) is 5.75 Å². The standard InChI is InChI=1S/C16H21N3O3S/c1-13-4-3-5-15(10-13)22-14-6-8-19(9-7-14)23(20,21)16-11-18(2)12-17-16/h3-5,10-12,14H,6-9H2,1-2H3. The van der Waals surface area contributed by atoms with Crippen LogP contribution in [-0.4, -0.2) is 41.5 Å². The summed E-state index contributed by atoms with van der Waals surface area (Å²) in [5.74, 6) is 0.844. The molecule has 2 heterocycles. The average molecular weight is 335 g/mol. The van der Waals surface area contributed by atoms with Crippen molar-refractivity contribution >= 4 is 10.0 Å². The van der Waals surface area contributed by atoms with Gasteiger partial charge in [-0.15, -0.1) is 0 Å². The topological polar surface area (TPSA) is 64.4 Å². The van der Waals surface area contributed by atoms with Crippen molar-refractivity contribution in [1.82, 2.24) is 13.9 Å². The summed E-state index contributed by atoms with van der Waals surface area (Å²) in [5.41, 5.74) is 1.15. The van der Waals surface area contributed by atoms with Crippen LogP contribution < -0.4 is 4.74 Å². The first-order chi connectivity index (χ1) is 10.9. The maximum Gasteiger partial charge on any atom is 0.262 e. The Morgan fingerprint density at radius 2 is 2.00 bits per heavy atom. The Morgan fingerprint density at radius 1 is 1.26 bits per heavy atom. The number of aromatic nitrogens is 2. The van der Waals surface area contributed by atoms with Crippen molar-refractivity contribution in [3.63, 3.8) is 0 Å². The summed E-state index contributed by atoms with van der Waals surface area (Å²) < 4.78 is 34.1. The zero-order chi connectivity index (χ0) is 16.4. The molecule has 0 atom stereocenters. The molecule has 1 aromatic carbocycles. The number of rotatable bonds is 4. The van der Waals surface area contributed by atoms with E-state index < -0.39 is 10.0 Å². The van der Waals surface area contributed by atoms with Crippen molar-refractivity contribution in [2.45, 2.75) is 30.9 Å². The van der Waals surface area contributed by atoms with Crippen LogP contribution in [0.4, 0.5) is 0 Å². The zero-order valence-electron chi connectivity index (χ0n) is 13.3. The molecule has 1 aromatic heterocycles. The van der Waals surface area contributed by atoms with Gasteiger partial charge in [0, 0.05) is 26.3 Å². The molecule has 0 amide bonds. The van der Waals surface area contributed by atoms with E-state index in [4.69, 9.17) is 4.74 Å². The predicted octanol–water partition coefficient (Wildman–Crippen LogP) is 1.96. The normalized spacial score (nSPS) is 17.3. The lowest BCUT2D eigenvalue weighted by Crippen LogP contribution is -2.41. The van der Waals surface area contributed by atoms with Gasteiger partial charge in [0.25, 0.3) is 10.0 Å². The van der Waals surface area contributed by atoms with E-state index >= 15 is 0 Å². The van der Waals surface area contributed by atoms with Crippen LogP contribution in [0.5, 0.6) is 5.75 Å². The van der Waals surface area contributed by atoms with Crippen molar-refractivity contribution in [3.05, 3.63) is 42.4 Å². The smallest absolute Gasteiger partial charge is 0.262 e. The van der Waals surface area contributed by atoms with E-state index in [0.717, 1.165) is 11.3 Å². The Bertz CT molecular complexity index is 777. The van der Waals surface area contributed by atoms with E-state index in [1.54, 1.807) is 11.6 Å². The second-order valence-corrected chi connectivity index (χ2v) is 7.80. The molecule has 0 bridgehead atoms. The molecular weight excluding hydrogens is 314 g/mol. The number of nitrogens with zero attached hydrogens (tertiary/aromatic N) is 3. The monoisotopic (exact) mass is 335 g/mol. The highest BCUT2D eigenvalue weighted by molar-refractivity contribution is 7.89. The molecule has 1 aliphatic heterocycles. The number of benzene rings is 1. The van der Waals surface area contributed by atoms with Gasteiger partial charge in [0.1, 0.15) is 11.9 Å². The van der Waals surface area contributed by atoms with Gasteiger partial charge in [-0.25, -0.2) is 13.4 Å². The van der Waals surface area contributed by atoms with Crippen LogP contribution in [0.2, 0.25) is 0 Å². The first-order valence-electron chi connectivity index (χ1n) is 7.66. The second kappa shape index (κ2) is 6.33.